The summed E-state index contributed by atoms with van der Waals surface area (Å²) >= 11 is 5.90. The summed E-state index contributed by atoms with van der Waals surface area (Å²) in [6, 6.07) is -0.0525. The van der Waals surface area contributed by atoms with E-state index in [-0.39, 0.29) is 41.8 Å². The van der Waals surface area contributed by atoms with Crippen molar-refractivity contribution in [2.24, 2.45) is 0 Å². The van der Waals surface area contributed by atoms with E-state index in [9.17, 15) is 18.3 Å². The fourth-order valence-corrected chi connectivity index (χ4v) is 5.51. The highest BCUT2D eigenvalue weighted by Gasteiger charge is 2.48. The molecule has 11 heteroatoms. The molecule has 0 aliphatic carbocycles. The first-order chi connectivity index (χ1) is 15.7. The molecule has 2 aromatic heterocycles. The number of aromatic nitrogens is 3. The molecule has 178 valence electrons. The van der Waals surface area contributed by atoms with E-state index in [0.29, 0.717) is 30.7 Å². The van der Waals surface area contributed by atoms with Gasteiger partial charge < -0.3 is 14.7 Å². The van der Waals surface area contributed by atoms with Gasteiger partial charge in [0.1, 0.15) is 17.9 Å². The van der Waals surface area contributed by atoms with Gasteiger partial charge in [-0.15, -0.1) is 0 Å². The zero-order chi connectivity index (χ0) is 23.4. The lowest BCUT2D eigenvalue weighted by Crippen LogP contribution is -2.46. The Kier molecular flexibility index (Phi) is 5.65. The number of rotatable bonds is 4. The van der Waals surface area contributed by atoms with Crippen LogP contribution in [-0.4, -0.2) is 68.9 Å². The number of aliphatic hydroxyl groups is 1. The van der Waals surface area contributed by atoms with Crippen molar-refractivity contribution >= 4 is 28.3 Å². The van der Waals surface area contributed by atoms with E-state index in [1.54, 1.807) is 6.92 Å². The summed E-state index contributed by atoms with van der Waals surface area (Å²) in [6.45, 7) is 3.75. The Morgan fingerprint density at radius 1 is 1.24 bits per heavy atom. The molecule has 3 fully saturated rings. The molecule has 33 heavy (non-hydrogen) atoms. The van der Waals surface area contributed by atoms with Crippen LogP contribution in [0.25, 0.3) is 10.9 Å². The maximum atomic E-state index is 14.9. The molecule has 0 bridgehead atoms. The second kappa shape index (κ2) is 8.25. The zero-order valence-electron chi connectivity index (χ0n) is 18.3. The summed E-state index contributed by atoms with van der Waals surface area (Å²) < 4.78 is 47.3. The van der Waals surface area contributed by atoms with Crippen LogP contribution in [0.15, 0.2) is 17.9 Å². The first-order valence-corrected chi connectivity index (χ1v) is 11.5. The van der Waals surface area contributed by atoms with Gasteiger partial charge in [-0.05, 0) is 45.6 Å². The fourth-order valence-electron chi connectivity index (χ4n) is 5.37. The molecule has 2 aromatic rings. The predicted octanol–water partition coefficient (Wildman–Crippen LogP) is 3.94. The Balaban J connectivity index is 1.50. The third-order valence-electron chi connectivity index (χ3n) is 6.98. The molecule has 5 heterocycles. The van der Waals surface area contributed by atoms with Crippen LogP contribution in [0.5, 0.6) is 6.01 Å². The van der Waals surface area contributed by atoms with Crippen LogP contribution in [0.1, 0.15) is 39.0 Å². The average molecular weight is 484 g/mol. The maximum Gasteiger partial charge on any atom is 0.319 e. The van der Waals surface area contributed by atoms with Crippen LogP contribution in [-0.2, 0) is 0 Å². The van der Waals surface area contributed by atoms with Crippen molar-refractivity contribution in [1.29, 1.82) is 0 Å². The Bertz CT molecular complexity index is 1130. The van der Waals surface area contributed by atoms with E-state index in [0.717, 1.165) is 25.8 Å². The topological polar surface area (TPSA) is 74.6 Å². The molecule has 2 atom stereocenters. The summed E-state index contributed by atoms with van der Waals surface area (Å²) in [5.74, 6) is -0.377. The van der Waals surface area contributed by atoms with Crippen molar-refractivity contribution in [1.82, 2.24) is 19.9 Å². The normalized spacial score (nSPS) is 27.9. The number of fused-ring (bicyclic) bond motifs is 2. The smallest absolute Gasteiger partial charge is 0.319 e. The van der Waals surface area contributed by atoms with Gasteiger partial charge in [0.25, 0.3) is 6.08 Å². The van der Waals surface area contributed by atoms with E-state index in [1.165, 1.54) is 6.20 Å². The van der Waals surface area contributed by atoms with Crippen molar-refractivity contribution in [3.8, 4) is 6.01 Å². The van der Waals surface area contributed by atoms with Crippen LogP contribution in [0.3, 0.4) is 0 Å². The quantitative estimate of drug-likeness (QED) is 0.660. The molecular weight excluding hydrogens is 459 g/mol. The highest BCUT2D eigenvalue weighted by Crippen LogP contribution is 2.43. The van der Waals surface area contributed by atoms with Crippen LogP contribution < -0.4 is 9.64 Å². The molecule has 3 saturated heterocycles. The van der Waals surface area contributed by atoms with Crippen LogP contribution >= 0.6 is 11.6 Å². The van der Waals surface area contributed by atoms with Crippen LogP contribution in [0.2, 0.25) is 5.15 Å². The lowest BCUT2D eigenvalue weighted by molar-refractivity contribution is 0.0447. The minimum atomic E-state index is -1.63. The van der Waals surface area contributed by atoms with Gasteiger partial charge >= 0.3 is 6.01 Å². The number of β-amino-alcohol motifs (C(OH)–C–C–N with tert-alkyl or cyclic N) is 1. The van der Waals surface area contributed by atoms with Crippen LogP contribution in [0, 0.1) is 5.82 Å². The number of hydrogen-bond acceptors (Lipinski definition) is 7. The molecule has 0 aromatic carbocycles. The standard InChI is InChI=1S/C22H25ClF3N5O2/c1-21(32)4-2-6-30(11-21)19-14-9-27-17(23)15(24)16(14)28-20(29-19)33-12-22-5-3-7-31(22)10-13(8-22)18(25)26/h9,32H,2-8,10-12H2,1H3/t21-,22?/m1/s1. The summed E-state index contributed by atoms with van der Waals surface area (Å²) in [7, 11) is 0. The van der Waals surface area contributed by atoms with Crippen molar-refractivity contribution in [3.63, 3.8) is 0 Å². The molecule has 3 aliphatic rings. The third-order valence-corrected chi connectivity index (χ3v) is 7.24. The van der Waals surface area contributed by atoms with Crippen molar-refractivity contribution < 1.29 is 23.0 Å². The minimum Gasteiger partial charge on any atom is -0.461 e. The van der Waals surface area contributed by atoms with Gasteiger partial charge in [0, 0.05) is 31.4 Å². The Labute approximate surface area is 194 Å². The molecule has 0 radical (unpaired) electrons. The number of hydrogen-bond donors (Lipinski definition) is 1. The van der Waals surface area contributed by atoms with Gasteiger partial charge in [0.05, 0.1) is 16.5 Å². The van der Waals surface area contributed by atoms with Gasteiger partial charge in [0.2, 0.25) is 0 Å². The fraction of sp³-hybridized carbons (Fsp3) is 0.591. The number of anilines is 1. The summed E-state index contributed by atoms with van der Waals surface area (Å²) in [6.07, 6.45) is 3.02. The van der Waals surface area contributed by atoms with E-state index < -0.39 is 23.0 Å². The molecule has 1 N–H and O–H groups in total. The Morgan fingerprint density at radius 2 is 2.03 bits per heavy atom. The second-order valence-corrected chi connectivity index (χ2v) is 9.91. The van der Waals surface area contributed by atoms with Crippen molar-refractivity contribution in [2.45, 2.75) is 50.2 Å². The van der Waals surface area contributed by atoms with Crippen molar-refractivity contribution in [3.05, 3.63) is 28.8 Å². The summed E-state index contributed by atoms with van der Waals surface area (Å²) in [5.41, 5.74) is -1.34. The average Bonchev–Trinajstić information content (AvgIpc) is 3.31. The zero-order valence-corrected chi connectivity index (χ0v) is 19.0. The number of pyridine rings is 1. The summed E-state index contributed by atoms with van der Waals surface area (Å²) in [5, 5.41) is 10.6. The van der Waals surface area contributed by atoms with Crippen molar-refractivity contribution in [2.75, 3.05) is 37.7 Å². The number of ether oxygens (including phenoxy) is 1. The van der Waals surface area contributed by atoms with Gasteiger partial charge in [-0.3, -0.25) is 4.90 Å². The Hall–Kier alpha value is -2.17. The lowest BCUT2D eigenvalue weighted by atomic mass is 9.94. The SMILES string of the molecule is C[C@@]1(O)CCCN(c2nc(OCC34CCCN3CC(=C(F)F)C4)nc3c(F)c(Cl)ncc23)C1. The van der Waals surface area contributed by atoms with Crippen LogP contribution in [0.4, 0.5) is 19.0 Å². The molecule has 0 amide bonds. The second-order valence-electron chi connectivity index (χ2n) is 9.56. The molecule has 0 spiro atoms. The molecule has 7 nitrogen and oxygen atoms in total. The monoisotopic (exact) mass is 483 g/mol. The van der Waals surface area contributed by atoms with E-state index in [1.807, 2.05) is 9.80 Å². The number of nitrogens with zero attached hydrogens (tertiary/aromatic N) is 5. The highest BCUT2D eigenvalue weighted by atomic mass is 35.5. The summed E-state index contributed by atoms with van der Waals surface area (Å²) in [4.78, 5) is 16.6. The number of piperidine rings is 1. The predicted molar refractivity (Wildman–Crippen MR) is 117 cm³/mol. The van der Waals surface area contributed by atoms with E-state index >= 15 is 0 Å². The number of halogens is 4. The third kappa shape index (κ3) is 4.13. The lowest BCUT2D eigenvalue weighted by Gasteiger charge is -2.38. The highest BCUT2D eigenvalue weighted by molar-refractivity contribution is 6.30. The largest absolute Gasteiger partial charge is 0.461 e. The Morgan fingerprint density at radius 3 is 2.79 bits per heavy atom. The van der Waals surface area contributed by atoms with Gasteiger partial charge in [-0.1, -0.05) is 11.6 Å². The maximum absolute atomic E-state index is 14.9. The molecule has 5 rings (SSSR count). The molecular formula is C22H25ClF3N5O2. The van der Waals surface area contributed by atoms with Gasteiger partial charge in [-0.2, -0.15) is 18.7 Å². The van der Waals surface area contributed by atoms with E-state index in [2.05, 4.69) is 15.0 Å². The van der Waals surface area contributed by atoms with Gasteiger partial charge in [0.15, 0.2) is 11.0 Å². The molecule has 0 saturated carbocycles. The first kappa shape index (κ1) is 22.6. The van der Waals surface area contributed by atoms with E-state index in [4.69, 9.17) is 16.3 Å². The molecule has 3 aliphatic heterocycles. The first-order valence-electron chi connectivity index (χ1n) is 11.1. The molecule has 1 unspecified atom stereocenters. The van der Waals surface area contributed by atoms with Gasteiger partial charge in [-0.25, -0.2) is 9.37 Å². The minimum absolute atomic E-state index is 0.0252.